The van der Waals surface area contributed by atoms with Crippen LogP contribution < -0.4 is 10.6 Å². The maximum Gasteiger partial charge on any atom is 0.251 e. The SMILES string of the molecule is O=C(N[C@@H]1CCCC[C@H]1NC(=O)C1CCCN(S(=O)(=O)c2cccc3ccccc23)C1)c1ccc(F)cc1. The zero-order valence-electron chi connectivity index (χ0n) is 21.1. The van der Waals surface area contributed by atoms with Gasteiger partial charge in [-0.25, -0.2) is 12.8 Å². The number of fused-ring (bicyclic) bond motifs is 1. The van der Waals surface area contributed by atoms with Crippen LogP contribution in [0.5, 0.6) is 0 Å². The lowest BCUT2D eigenvalue weighted by atomic mass is 9.89. The third-order valence-electron chi connectivity index (χ3n) is 7.64. The van der Waals surface area contributed by atoms with Gasteiger partial charge in [-0.05, 0) is 61.4 Å². The molecule has 3 aromatic carbocycles. The van der Waals surface area contributed by atoms with Gasteiger partial charge in [-0.3, -0.25) is 9.59 Å². The molecule has 3 atom stereocenters. The number of amides is 2. The Bertz CT molecular complexity index is 1420. The Hall–Kier alpha value is -3.30. The van der Waals surface area contributed by atoms with Crippen molar-refractivity contribution < 1.29 is 22.4 Å². The van der Waals surface area contributed by atoms with Crippen LogP contribution in [0, 0.1) is 11.7 Å². The van der Waals surface area contributed by atoms with E-state index in [1.54, 1.807) is 18.2 Å². The number of carbonyl (C=O) groups excluding carboxylic acids is 2. The van der Waals surface area contributed by atoms with Crippen LogP contribution >= 0.6 is 0 Å². The molecule has 200 valence electrons. The van der Waals surface area contributed by atoms with Gasteiger partial charge in [-0.1, -0.05) is 49.2 Å². The topological polar surface area (TPSA) is 95.6 Å². The minimum Gasteiger partial charge on any atom is -0.351 e. The molecule has 0 spiro atoms. The molecule has 38 heavy (non-hydrogen) atoms. The van der Waals surface area contributed by atoms with Crippen molar-refractivity contribution in [3.63, 3.8) is 0 Å². The van der Waals surface area contributed by atoms with E-state index in [-0.39, 0.29) is 35.3 Å². The van der Waals surface area contributed by atoms with E-state index in [9.17, 15) is 22.4 Å². The monoisotopic (exact) mass is 537 g/mol. The second-order valence-corrected chi connectivity index (χ2v) is 12.1. The van der Waals surface area contributed by atoms with Gasteiger partial charge < -0.3 is 10.6 Å². The summed E-state index contributed by atoms with van der Waals surface area (Å²) in [5.74, 6) is -1.37. The Kier molecular flexibility index (Phi) is 7.76. The molecule has 0 bridgehead atoms. The molecular formula is C29H32FN3O4S. The number of sulfonamides is 1. The minimum atomic E-state index is -3.78. The maximum atomic E-state index is 13.6. The average molecular weight is 538 g/mol. The van der Waals surface area contributed by atoms with Crippen molar-refractivity contribution in [2.75, 3.05) is 13.1 Å². The molecule has 0 radical (unpaired) electrons. The van der Waals surface area contributed by atoms with Crippen LogP contribution in [0.3, 0.4) is 0 Å². The molecule has 1 aliphatic heterocycles. The molecule has 2 N–H and O–H groups in total. The smallest absolute Gasteiger partial charge is 0.251 e. The second-order valence-electron chi connectivity index (χ2n) is 10.2. The first kappa shape index (κ1) is 26.3. The van der Waals surface area contributed by atoms with Gasteiger partial charge in [0.2, 0.25) is 15.9 Å². The van der Waals surface area contributed by atoms with Gasteiger partial charge in [0.25, 0.3) is 5.91 Å². The average Bonchev–Trinajstić information content (AvgIpc) is 2.94. The lowest BCUT2D eigenvalue weighted by molar-refractivity contribution is -0.127. The Morgan fingerprint density at radius 3 is 2.26 bits per heavy atom. The van der Waals surface area contributed by atoms with E-state index in [4.69, 9.17) is 0 Å². The first-order chi connectivity index (χ1) is 18.3. The van der Waals surface area contributed by atoms with E-state index < -0.39 is 21.8 Å². The Labute approximate surface area is 222 Å². The number of carbonyl (C=O) groups is 2. The standard InChI is InChI=1S/C29H32FN3O4S/c30-23-16-14-21(15-17-23)28(34)31-25-11-3-4-12-26(25)32-29(35)22-9-6-18-33(19-22)38(36,37)27-13-5-8-20-7-1-2-10-24(20)27/h1-2,5,7-8,10,13-17,22,25-26H,3-4,6,9,11-12,18-19H2,(H,31,34)(H,32,35)/t22?,25-,26-/m1/s1. The summed E-state index contributed by atoms with van der Waals surface area (Å²) in [4.78, 5) is 26.3. The van der Waals surface area contributed by atoms with Crippen molar-refractivity contribution in [2.45, 2.75) is 55.5 Å². The lowest BCUT2D eigenvalue weighted by Crippen LogP contribution is -2.55. The lowest BCUT2D eigenvalue weighted by Gasteiger charge is -2.36. The number of nitrogens with zero attached hydrogens (tertiary/aromatic N) is 1. The number of hydrogen-bond donors (Lipinski definition) is 2. The molecule has 1 aliphatic carbocycles. The molecule has 2 amide bonds. The third-order valence-corrected chi connectivity index (χ3v) is 9.56. The number of rotatable bonds is 6. The van der Waals surface area contributed by atoms with E-state index in [1.807, 2.05) is 24.3 Å². The summed E-state index contributed by atoms with van der Waals surface area (Å²) < 4.78 is 41.9. The fourth-order valence-corrected chi connectivity index (χ4v) is 7.30. The van der Waals surface area contributed by atoms with Crippen molar-refractivity contribution in [1.82, 2.24) is 14.9 Å². The molecule has 2 aliphatic rings. The zero-order chi connectivity index (χ0) is 26.7. The van der Waals surface area contributed by atoms with E-state index in [1.165, 1.54) is 28.6 Å². The number of nitrogens with one attached hydrogen (secondary N) is 2. The summed E-state index contributed by atoms with van der Waals surface area (Å²) in [6.07, 6.45) is 4.51. The summed E-state index contributed by atoms with van der Waals surface area (Å²) in [6.45, 7) is 0.492. The van der Waals surface area contributed by atoms with Crippen molar-refractivity contribution in [3.05, 3.63) is 78.1 Å². The van der Waals surface area contributed by atoms with E-state index in [0.717, 1.165) is 31.1 Å². The van der Waals surface area contributed by atoms with Gasteiger partial charge in [0.1, 0.15) is 5.82 Å². The summed E-state index contributed by atoms with van der Waals surface area (Å²) in [5.41, 5.74) is 0.364. The third kappa shape index (κ3) is 5.59. The van der Waals surface area contributed by atoms with Crippen LogP contribution in [-0.4, -0.2) is 49.7 Å². The molecule has 1 unspecified atom stereocenters. The molecule has 5 rings (SSSR count). The molecule has 0 aromatic heterocycles. The largest absolute Gasteiger partial charge is 0.351 e. The summed E-state index contributed by atoms with van der Waals surface area (Å²) in [5, 5.41) is 7.64. The maximum absolute atomic E-state index is 13.6. The predicted molar refractivity (Wildman–Crippen MR) is 143 cm³/mol. The molecule has 7 nitrogen and oxygen atoms in total. The Morgan fingerprint density at radius 2 is 1.50 bits per heavy atom. The Balaban J connectivity index is 1.26. The number of halogens is 1. The highest BCUT2D eigenvalue weighted by atomic mass is 32.2. The predicted octanol–water partition coefficient (Wildman–Crippen LogP) is 4.24. The molecule has 1 heterocycles. The van der Waals surface area contributed by atoms with Gasteiger partial charge in [0, 0.05) is 36.1 Å². The normalized spacial score (nSPS) is 22.6. The van der Waals surface area contributed by atoms with Crippen LogP contribution in [0.15, 0.2) is 71.6 Å². The van der Waals surface area contributed by atoms with Gasteiger partial charge in [-0.2, -0.15) is 4.31 Å². The van der Waals surface area contributed by atoms with E-state index in [2.05, 4.69) is 10.6 Å². The van der Waals surface area contributed by atoms with E-state index >= 15 is 0 Å². The van der Waals surface area contributed by atoms with Crippen LogP contribution in [0.4, 0.5) is 4.39 Å². The summed E-state index contributed by atoms with van der Waals surface area (Å²) in [7, 11) is -3.78. The number of hydrogen-bond acceptors (Lipinski definition) is 4. The van der Waals surface area contributed by atoms with Gasteiger partial charge in [-0.15, -0.1) is 0 Å². The van der Waals surface area contributed by atoms with Crippen molar-refractivity contribution in [1.29, 1.82) is 0 Å². The molecule has 1 saturated carbocycles. The van der Waals surface area contributed by atoms with Crippen LogP contribution in [0.2, 0.25) is 0 Å². The molecule has 3 aromatic rings. The minimum absolute atomic E-state index is 0.122. The zero-order valence-corrected chi connectivity index (χ0v) is 21.9. The van der Waals surface area contributed by atoms with Gasteiger partial charge in [0.15, 0.2) is 0 Å². The fourth-order valence-electron chi connectivity index (χ4n) is 5.56. The first-order valence-corrected chi connectivity index (χ1v) is 14.6. The van der Waals surface area contributed by atoms with Crippen LogP contribution in [0.1, 0.15) is 48.9 Å². The van der Waals surface area contributed by atoms with Crippen molar-refractivity contribution in [2.24, 2.45) is 5.92 Å². The first-order valence-electron chi connectivity index (χ1n) is 13.2. The van der Waals surface area contributed by atoms with Gasteiger partial charge in [0.05, 0.1) is 10.8 Å². The molecule has 2 fully saturated rings. The van der Waals surface area contributed by atoms with E-state index in [0.29, 0.717) is 30.3 Å². The molecular weight excluding hydrogens is 505 g/mol. The highest BCUT2D eigenvalue weighted by Gasteiger charge is 2.36. The molecule has 9 heteroatoms. The van der Waals surface area contributed by atoms with Crippen LogP contribution in [-0.2, 0) is 14.8 Å². The number of benzene rings is 3. The van der Waals surface area contributed by atoms with Crippen molar-refractivity contribution >= 4 is 32.6 Å². The Morgan fingerprint density at radius 1 is 0.816 bits per heavy atom. The fraction of sp³-hybridized carbons (Fsp3) is 0.379. The molecule has 1 saturated heterocycles. The summed E-state index contributed by atoms with van der Waals surface area (Å²) in [6, 6.07) is 17.5. The highest BCUT2D eigenvalue weighted by molar-refractivity contribution is 7.89. The quantitative estimate of drug-likeness (QED) is 0.492. The second kappa shape index (κ2) is 11.2. The highest BCUT2D eigenvalue weighted by Crippen LogP contribution is 2.29. The van der Waals surface area contributed by atoms with Crippen LogP contribution in [0.25, 0.3) is 10.8 Å². The summed E-state index contributed by atoms with van der Waals surface area (Å²) >= 11 is 0. The number of piperidine rings is 1. The van der Waals surface area contributed by atoms with Gasteiger partial charge >= 0.3 is 0 Å². The van der Waals surface area contributed by atoms with Crippen molar-refractivity contribution in [3.8, 4) is 0 Å².